The number of fused-ring (bicyclic) bond motifs is 1. The lowest BCUT2D eigenvalue weighted by Crippen LogP contribution is -1.80. The minimum absolute atomic E-state index is 0.246. The zero-order chi connectivity index (χ0) is 11.0. The van der Waals surface area contributed by atoms with Gasteiger partial charge in [-0.05, 0) is 18.2 Å². The normalized spacial score (nSPS) is 10.8. The smallest absolute Gasteiger partial charge is 0.123 e. The van der Waals surface area contributed by atoms with Crippen LogP contribution in [-0.4, -0.2) is 10.2 Å². The van der Waals surface area contributed by atoms with E-state index in [4.69, 9.17) is 0 Å². The highest BCUT2D eigenvalue weighted by molar-refractivity contribution is 5.92. The van der Waals surface area contributed by atoms with Crippen LogP contribution in [0.1, 0.15) is 0 Å². The monoisotopic (exact) mass is 212 g/mol. The van der Waals surface area contributed by atoms with Crippen molar-refractivity contribution in [2.75, 3.05) is 0 Å². The van der Waals surface area contributed by atoms with Gasteiger partial charge in [0.2, 0.25) is 0 Å². The molecule has 1 N–H and O–H groups in total. The molecule has 2 nitrogen and oxygen atoms in total. The molecule has 0 aliphatic heterocycles. The summed E-state index contributed by atoms with van der Waals surface area (Å²) in [4.78, 5) is 0. The molecule has 3 heteroatoms. The maximum atomic E-state index is 13.1. The summed E-state index contributed by atoms with van der Waals surface area (Å²) in [5.41, 5.74) is 2.54. The third kappa shape index (κ3) is 1.37. The van der Waals surface area contributed by atoms with Gasteiger partial charge in [-0.25, -0.2) is 4.39 Å². The van der Waals surface area contributed by atoms with Gasteiger partial charge in [-0.2, -0.15) is 5.10 Å². The van der Waals surface area contributed by atoms with Gasteiger partial charge in [0.25, 0.3) is 0 Å². The molecule has 1 aromatic heterocycles. The number of nitrogens with zero attached hydrogens (tertiary/aromatic N) is 1. The Hall–Kier alpha value is -2.16. The first-order valence-corrected chi connectivity index (χ1v) is 5.03. The Kier molecular flexibility index (Phi) is 1.96. The predicted molar refractivity (Wildman–Crippen MR) is 61.5 cm³/mol. The summed E-state index contributed by atoms with van der Waals surface area (Å²) in [6, 6.07) is 14.3. The summed E-state index contributed by atoms with van der Waals surface area (Å²) in [6.45, 7) is 0. The number of nitrogens with one attached hydrogen (secondary N) is 1. The van der Waals surface area contributed by atoms with Gasteiger partial charge in [-0.3, -0.25) is 5.10 Å². The number of hydrogen-bond donors (Lipinski definition) is 1. The fourth-order valence-electron chi connectivity index (χ4n) is 1.82. The maximum Gasteiger partial charge on any atom is 0.123 e. The number of benzene rings is 2. The number of aromatic nitrogens is 2. The SMILES string of the molecule is Fc1cccc(-c2n[nH]c3ccccc23)c1. The number of para-hydroxylation sites is 1. The van der Waals surface area contributed by atoms with E-state index in [1.54, 1.807) is 6.07 Å². The van der Waals surface area contributed by atoms with Gasteiger partial charge in [-0.1, -0.05) is 30.3 Å². The Morgan fingerprint density at radius 2 is 1.88 bits per heavy atom. The summed E-state index contributed by atoms with van der Waals surface area (Å²) in [5.74, 6) is -0.246. The quantitative estimate of drug-likeness (QED) is 0.658. The molecule has 1 heterocycles. The average Bonchev–Trinajstić information content (AvgIpc) is 2.72. The lowest BCUT2D eigenvalue weighted by Gasteiger charge is -1.97. The van der Waals surface area contributed by atoms with Crippen LogP contribution >= 0.6 is 0 Å². The van der Waals surface area contributed by atoms with Gasteiger partial charge in [0.15, 0.2) is 0 Å². The van der Waals surface area contributed by atoms with Crippen LogP contribution in [0.2, 0.25) is 0 Å². The lowest BCUT2D eigenvalue weighted by molar-refractivity contribution is 0.628. The van der Waals surface area contributed by atoms with Crippen LogP contribution in [0.4, 0.5) is 4.39 Å². The summed E-state index contributed by atoms with van der Waals surface area (Å²) >= 11 is 0. The van der Waals surface area contributed by atoms with Crippen LogP contribution < -0.4 is 0 Å². The van der Waals surface area contributed by atoms with Gasteiger partial charge >= 0.3 is 0 Å². The molecule has 0 aliphatic carbocycles. The van der Waals surface area contributed by atoms with Crippen molar-refractivity contribution in [2.24, 2.45) is 0 Å². The number of rotatable bonds is 1. The fourth-order valence-corrected chi connectivity index (χ4v) is 1.82. The third-order valence-electron chi connectivity index (χ3n) is 2.57. The van der Waals surface area contributed by atoms with E-state index >= 15 is 0 Å². The Labute approximate surface area is 91.7 Å². The fraction of sp³-hybridized carbons (Fsp3) is 0. The van der Waals surface area contributed by atoms with E-state index in [1.165, 1.54) is 12.1 Å². The van der Waals surface area contributed by atoms with Gasteiger partial charge < -0.3 is 0 Å². The third-order valence-corrected chi connectivity index (χ3v) is 2.57. The summed E-state index contributed by atoms with van der Waals surface area (Å²) < 4.78 is 13.1. The molecule has 0 bridgehead atoms. The van der Waals surface area contributed by atoms with Crippen molar-refractivity contribution >= 4 is 10.9 Å². The molecule has 0 saturated carbocycles. The van der Waals surface area contributed by atoms with Gasteiger partial charge in [0.1, 0.15) is 5.82 Å². The minimum Gasteiger partial charge on any atom is -0.277 e. The molecular weight excluding hydrogens is 203 g/mol. The standard InChI is InChI=1S/C13H9FN2/c14-10-5-3-4-9(8-10)13-11-6-1-2-7-12(11)15-16-13/h1-8H,(H,15,16). The Morgan fingerprint density at radius 1 is 1.00 bits per heavy atom. The zero-order valence-electron chi connectivity index (χ0n) is 8.44. The Balaban J connectivity index is 2.26. The van der Waals surface area contributed by atoms with Gasteiger partial charge in [0, 0.05) is 10.9 Å². The van der Waals surface area contributed by atoms with Gasteiger partial charge in [-0.15, -0.1) is 0 Å². The molecule has 2 aromatic carbocycles. The molecule has 0 spiro atoms. The van der Waals surface area contributed by atoms with Crippen LogP contribution in [0.5, 0.6) is 0 Å². The number of H-pyrrole nitrogens is 1. The molecule has 78 valence electrons. The first kappa shape index (κ1) is 9.09. The minimum atomic E-state index is -0.246. The van der Waals surface area contributed by atoms with E-state index in [0.29, 0.717) is 0 Å². The van der Waals surface area contributed by atoms with E-state index in [-0.39, 0.29) is 5.82 Å². The van der Waals surface area contributed by atoms with Crippen LogP contribution in [0.25, 0.3) is 22.2 Å². The number of aromatic amines is 1. The Bertz CT molecular complexity index is 643. The molecule has 0 amide bonds. The van der Waals surface area contributed by atoms with Crippen molar-refractivity contribution in [3.8, 4) is 11.3 Å². The molecule has 0 atom stereocenters. The second kappa shape index (κ2) is 3.45. The van der Waals surface area contributed by atoms with Crippen molar-refractivity contribution in [3.63, 3.8) is 0 Å². The van der Waals surface area contributed by atoms with Crippen molar-refractivity contribution in [2.45, 2.75) is 0 Å². The molecule has 0 radical (unpaired) electrons. The van der Waals surface area contributed by atoms with E-state index in [2.05, 4.69) is 10.2 Å². The predicted octanol–water partition coefficient (Wildman–Crippen LogP) is 3.37. The Morgan fingerprint density at radius 3 is 2.75 bits per heavy atom. The van der Waals surface area contributed by atoms with Crippen molar-refractivity contribution in [3.05, 3.63) is 54.3 Å². The largest absolute Gasteiger partial charge is 0.277 e. The van der Waals surface area contributed by atoms with E-state index in [0.717, 1.165) is 22.2 Å². The van der Waals surface area contributed by atoms with E-state index < -0.39 is 0 Å². The van der Waals surface area contributed by atoms with E-state index in [1.807, 2.05) is 30.3 Å². The number of hydrogen-bond acceptors (Lipinski definition) is 1. The van der Waals surface area contributed by atoms with Crippen LogP contribution in [0.15, 0.2) is 48.5 Å². The first-order valence-electron chi connectivity index (χ1n) is 5.03. The highest BCUT2D eigenvalue weighted by Crippen LogP contribution is 2.26. The van der Waals surface area contributed by atoms with Gasteiger partial charge in [0.05, 0.1) is 11.2 Å². The first-order chi connectivity index (χ1) is 7.84. The summed E-state index contributed by atoms with van der Waals surface area (Å²) in [7, 11) is 0. The van der Waals surface area contributed by atoms with E-state index in [9.17, 15) is 4.39 Å². The molecule has 3 aromatic rings. The molecule has 16 heavy (non-hydrogen) atoms. The average molecular weight is 212 g/mol. The van der Waals surface area contributed by atoms with Crippen LogP contribution in [-0.2, 0) is 0 Å². The molecule has 0 aliphatic rings. The maximum absolute atomic E-state index is 13.1. The van der Waals surface area contributed by atoms with Crippen LogP contribution in [0.3, 0.4) is 0 Å². The molecule has 0 fully saturated rings. The van der Waals surface area contributed by atoms with Crippen molar-refractivity contribution in [1.82, 2.24) is 10.2 Å². The van der Waals surface area contributed by atoms with Crippen molar-refractivity contribution in [1.29, 1.82) is 0 Å². The topological polar surface area (TPSA) is 28.7 Å². The molecule has 0 unspecified atom stereocenters. The second-order valence-electron chi connectivity index (χ2n) is 3.63. The second-order valence-corrected chi connectivity index (χ2v) is 3.63. The highest BCUT2D eigenvalue weighted by atomic mass is 19.1. The highest BCUT2D eigenvalue weighted by Gasteiger charge is 2.07. The molecule has 0 saturated heterocycles. The molecule has 3 rings (SSSR count). The van der Waals surface area contributed by atoms with Crippen LogP contribution in [0, 0.1) is 5.82 Å². The van der Waals surface area contributed by atoms with Crippen molar-refractivity contribution < 1.29 is 4.39 Å². The summed E-state index contributed by atoms with van der Waals surface area (Å²) in [5, 5.41) is 8.16. The lowest BCUT2D eigenvalue weighted by atomic mass is 10.1. The molecular formula is C13H9FN2. The summed E-state index contributed by atoms with van der Waals surface area (Å²) in [6.07, 6.45) is 0. The number of halogens is 1. The zero-order valence-corrected chi connectivity index (χ0v) is 8.44.